The van der Waals surface area contributed by atoms with E-state index in [-0.39, 0.29) is 16.6 Å². The molecular weight excluding hydrogens is 288 g/mol. The van der Waals surface area contributed by atoms with Crippen molar-refractivity contribution in [1.29, 1.82) is 0 Å². The number of aromatic nitrogens is 2. The predicted octanol–water partition coefficient (Wildman–Crippen LogP) is 2.29. The van der Waals surface area contributed by atoms with Crippen molar-refractivity contribution >= 4 is 17.5 Å². The van der Waals surface area contributed by atoms with Crippen LogP contribution in [0.4, 0.5) is 0 Å². The third-order valence-corrected chi connectivity index (χ3v) is 4.23. The number of piperidine rings is 1. The number of carbonyl (C=O) groups excluding carboxylic acids is 1. The molecule has 0 spiro atoms. The molecule has 1 aromatic heterocycles. The predicted molar refractivity (Wildman–Crippen MR) is 83.5 cm³/mol. The number of nitrogens with one attached hydrogen (secondary N) is 1. The van der Waals surface area contributed by atoms with Crippen molar-refractivity contribution in [2.75, 3.05) is 19.6 Å². The van der Waals surface area contributed by atoms with Crippen LogP contribution in [0.15, 0.2) is 6.20 Å². The maximum atomic E-state index is 12.2. The van der Waals surface area contributed by atoms with Crippen LogP contribution >= 0.6 is 11.6 Å². The second-order valence-electron chi connectivity index (χ2n) is 5.92. The second kappa shape index (κ2) is 7.18. The standard InChI is InChI=1S/C15H23ClN4O/c1-10-5-4-6-20(9-10)11(2)7-18-15(21)14-13(16)8-17-12(3)19-14/h8,10-11H,4-7,9H2,1-3H3,(H,18,21)/t10-,11-/m0/s1. The van der Waals surface area contributed by atoms with Crippen molar-refractivity contribution in [2.24, 2.45) is 5.92 Å². The first kappa shape index (κ1) is 16.2. The molecule has 1 N–H and O–H groups in total. The molecule has 1 aliphatic heterocycles. The van der Waals surface area contributed by atoms with Gasteiger partial charge in [-0.15, -0.1) is 0 Å². The Labute approximate surface area is 131 Å². The van der Waals surface area contributed by atoms with Gasteiger partial charge in [0.1, 0.15) is 11.5 Å². The van der Waals surface area contributed by atoms with E-state index in [9.17, 15) is 4.79 Å². The SMILES string of the molecule is Cc1ncc(Cl)c(C(=O)NC[C@H](C)N2CCC[C@H](C)C2)n1. The zero-order valence-electron chi connectivity index (χ0n) is 12.9. The number of amides is 1. The molecule has 1 amide bonds. The summed E-state index contributed by atoms with van der Waals surface area (Å²) in [4.78, 5) is 22.7. The molecule has 6 heteroatoms. The highest BCUT2D eigenvalue weighted by atomic mass is 35.5. The molecule has 0 saturated carbocycles. The van der Waals surface area contributed by atoms with Gasteiger partial charge in [0.15, 0.2) is 0 Å². The molecule has 0 radical (unpaired) electrons. The van der Waals surface area contributed by atoms with Gasteiger partial charge in [-0.25, -0.2) is 9.97 Å². The van der Waals surface area contributed by atoms with Crippen LogP contribution in [0.3, 0.4) is 0 Å². The summed E-state index contributed by atoms with van der Waals surface area (Å²) in [5.41, 5.74) is 0.253. The van der Waals surface area contributed by atoms with Crippen molar-refractivity contribution in [3.8, 4) is 0 Å². The number of hydrogen-bond donors (Lipinski definition) is 1. The number of carbonyl (C=O) groups is 1. The molecule has 1 fully saturated rings. The first-order chi connectivity index (χ1) is 9.97. The first-order valence-corrected chi connectivity index (χ1v) is 7.86. The van der Waals surface area contributed by atoms with E-state index in [0.717, 1.165) is 19.0 Å². The monoisotopic (exact) mass is 310 g/mol. The summed E-state index contributed by atoms with van der Waals surface area (Å²) in [6.45, 7) is 8.97. The van der Waals surface area contributed by atoms with Gasteiger partial charge in [-0.3, -0.25) is 9.69 Å². The van der Waals surface area contributed by atoms with Crippen LogP contribution in [-0.2, 0) is 0 Å². The van der Waals surface area contributed by atoms with Gasteiger partial charge in [0.25, 0.3) is 5.91 Å². The average Bonchev–Trinajstić information content (AvgIpc) is 2.47. The lowest BCUT2D eigenvalue weighted by Gasteiger charge is -2.35. The fourth-order valence-corrected chi connectivity index (χ4v) is 2.87. The fourth-order valence-electron chi connectivity index (χ4n) is 2.69. The Kier molecular flexibility index (Phi) is 5.53. The Morgan fingerprint density at radius 2 is 2.38 bits per heavy atom. The lowest BCUT2D eigenvalue weighted by molar-refractivity contribution is 0.0912. The van der Waals surface area contributed by atoms with E-state index < -0.39 is 0 Å². The maximum Gasteiger partial charge on any atom is 0.271 e. The van der Waals surface area contributed by atoms with Crippen LogP contribution < -0.4 is 5.32 Å². The van der Waals surface area contributed by atoms with Gasteiger partial charge in [0.05, 0.1) is 11.2 Å². The van der Waals surface area contributed by atoms with Gasteiger partial charge in [-0.1, -0.05) is 18.5 Å². The Bertz CT molecular complexity index is 508. The van der Waals surface area contributed by atoms with E-state index in [1.54, 1.807) is 6.92 Å². The van der Waals surface area contributed by atoms with Crippen LogP contribution in [0.25, 0.3) is 0 Å². The summed E-state index contributed by atoms with van der Waals surface area (Å²) in [5, 5.41) is 3.21. The molecule has 5 nitrogen and oxygen atoms in total. The largest absolute Gasteiger partial charge is 0.349 e. The van der Waals surface area contributed by atoms with Crippen LogP contribution in [0, 0.1) is 12.8 Å². The van der Waals surface area contributed by atoms with Crippen molar-refractivity contribution in [1.82, 2.24) is 20.2 Å². The van der Waals surface area contributed by atoms with Crippen molar-refractivity contribution in [2.45, 2.75) is 39.7 Å². The number of halogens is 1. The van der Waals surface area contributed by atoms with E-state index in [2.05, 4.69) is 34.0 Å². The third kappa shape index (κ3) is 4.38. The molecule has 2 atom stereocenters. The average molecular weight is 311 g/mol. The van der Waals surface area contributed by atoms with E-state index in [0.29, 0.717) is 18.4 Å². The Balaban J connectivity index is 1.90. The molecule has 1 aromatic rings. The van der Waals surface area contributed by atoms with Gasteiger partial charge in [0.2, 0.25) is 0 Å². The van der Waals surface area contributed by atoms with Crippen LogP contribution in [-0.4, -0.2) is 46.5 Å². The lowest BCUT2D eigenvalue weighted by atomic mass is 9.99. The molecule has 0 unspecified atom stereocenters. The Hall–Kier alpha value is -1.20. The fraction of sp³-hybridized carbons (Fsp3) is 0.667. The minimum Gasteiger partial charge on any atom is -0.349 e. The third-order valence-electron chi connectivity index (χ3n) is 3.95. The molecule has 116 valence electrons. The highest BCUT2D eigenvalue weighted by Gasteiger charge is 2.22. The van der Waals surface area contributed by atoms with Gasteiger partial charge < -0.3 is 5.32 Å². The minimum atomic E-state index is -0.234. The first-order valence-electron chi connectivity index (χ1n) is 7.48. The van der Waals surface area contributed by atoms with E-state index in [1.807, 2.05) is 0 Å². The van der Waals surface area contributed by atoms with Gasteiger partial charge in [-0.05, 0) is 39.2 Å². The number of aryl methyl sites for hydroxylation is 1. The second-order valence-corrected chi connectivity index (χ2v) is 6.32. The van der Waals surface area contributed by atoms with Gasteiger partial charge >= 0.3 is 0 Å². The molecule has 0 bridgehead atoms. The Morgan fingerprint density at radius 1 is 1.62 bits per heavy atom. The van der Waals surface area contributed by atoms with E-state index >= 15 is 0 Å². The van der Waals surface area contributed by atoms with E-state index in [4.69, 9.17) is 11.6 Å². The molecule has 1 saturated heterocycles. The summed E-state index contributed by atoms with van der Waals surface area (Å²) in [6, 6.07) is 0.318. The van der Waals surface area contributed by atoms with Crippen LogP contribution in [0.2, 0.25) is 5.02 Å². The molecule has 0 aromatic carbocycles. The Morgan fingerprint density at radius 3 is 3.10 bits per heavy atom. The zero-order chi connectivity index (χ0) is 15.4. The topological polar surface area (TPSA) is 58.1 Å². The van der Waals surface area contributed by atoms with Crippen molar-refractivity contribution in [3.05, 3.63) is 22.7 Å². The summed E-state index contributed by atoms with van der Waals surface area (Å²) in [6.07, 6.45) is 4.00. The highest BCUT2D eigenvalue weighted by Crippen LogP contribution is 2.17. The van der Waals surface area contributed by atoms with Crippen LogP contribution in [0.5, 0.6) is 0 Å². The normalized spacial score (nSPS) is 21.0. The zero-order valence-corrected chi connectivity index (χ0v) is 13.7. The number of likely N-dealkylation sites (tertiary alicyclic amines) is 1. The summed E-state index contributed by atoms with van der Waals surface area (Å²) in [7, 11) is 0. The van der Waals surface area contributed by atoms with E-state index in [1.165, 1.54) is 19.0 Å². The minimum absolute atomic E-state index is 0.234. The smallest absolute Gasteiger partial charge is 0.271 e. The molecule has 2 heterocycles. The van der Waals surface area contributed by atoms with Gasteiger partial charge in [-0.2, -0.15) is 0 Å². The number of rotatable bonds is 4. The van der Waals surface area contributed by atoms with Crippen molar-refractivity contribution < 1.29 is 4.79 Å². The molecule has 1 aliphatic rings. The van der Waals surface area contributed by atoms with Crippen LogP contribution in [0.1, 0.15) is 43.0 Å². The summed E-state index contributed by atoms with van der Waals surface area (Å²) in [5.74, 6) is 1.04. The lowest BCUT2D eigenvalue weighted by Crippen LogP contribution is -2.46. The number of nitrogens with zero attached hydrogens (tertiary/aromatic N) is 3. The van der Waals surface area contributed by atoms with Gasteiger partial charge in [0, 0.05) is 19.1 Å². The summed E-state index contributed by atoms with van der Waals surface area (Å²) >= 11 is 5.98. The van der Waals surface area contributed by atoms with Crippen molar-refractivity contribution in [3.63, 3.8) is 0 Å². The maximum absolute atomic E-state index is 12.2. The molecule has 0 aliphatic carbocycles. The molecule has 2 rings (SSSR count). The number of hydrogen-bond acceptors (Lipinski definition) is 4. The molecular formula is C15H23ClN4O. The molecule has 21 heavy (non-hydrogen) atoms. The highest BCUT2D eigenvalue weighted by molar-refractivity contribution is 6.33. The summed E-state index contributed by atoms with van der Waals surface area (Å²) < 4.78 is 0. The quantitative estimate of drug-likeness (QED) is 0.927.